The molecule has 3 N–H and O–H groups in total. The smallest absolute Gasteiger partial charge is 0.337 e. The molecule has 7 heteroatoms. The molecule has 0 spiro atoms. The van der Waals surface area contributed by atoms with Crippen molar-refractivity contribution in [2.75, 3.05) is 29.6 Å². The first-order chi connectivity index (χ1) is 13.2. The number of carbonyl (C=O) groups is 3. The number of ether oxygens (including phenoxy) is 1. The Morgan fingerprint density at radius 3 is 2.14 bits per heavy atom. The summed E-state index contributed by atoms with van der Waals surface area (Å²) in [6.07, 6.45) is 0. The van der Waals surface area contributed by atoms with E-state index in [-0.39, 0.29) is 18.4 Å². The van der Waals surface area contributed by atoms with Gasteiger partial charge in [0.15, 0.2) is 0 Å². The fourth-order valence-corrected chi connectivity index (χ4v) is 2.22. The summed E-state index contributed by atoms with van der Waals surface area (Å²) in [5.74, 6) is -0.759. The molecule has 148 valence electrons. The Hall–Kier alpha value is -3.35. The van der Waals surface area contributed by atoms with Gasteiger partial charge in [-0.15, -0.1) is 0 Å². The monoisotopic (exact) mass is 383 g/mol. The van der Waals surface area contributed by atoms with Crippen LogP contribution in [0.1, 0.15) is 31.1 Å². The van der Waals surface area contributed by atoms with Gasteiger partial charge in [0.2, 0.25) is 11.8 Å². The molecular formula is C21H25N3O4. The van der Waals surface area contributed by atoms with Gasteiger partial charge in [0.25, 0.3) is 0 Å². The van der Waals surface area contributed by atoms with Crippen LogP contribution in [0.15, 0.2) is 48.5 Å². The molecule has 2 amide bonds. The maximum atomic E-state index is 12.1. The van der Waals surface area contributed by atoms with E-state index in [0.29, 0.717) is 22.6 Å². The van der Waals surface area contributed by atoms with Crippen LogP contribution in [0.4, 0.5) is 17.1 Å². The Labute approximate surface area is 164 Å². The van der Waals surface area contributed by atoms with E-state index >= 15 is 0 Å². The molecule has 0 saturated carbocycles. The number of amides is 2. The third-order valence-corrected chi connectivity index (χ3v) is 3.84. The molecule has 28 heavy (non-hydrogen) atoms. The average Bonchev–Trinajstić information content (AvgIpc) is 2.66. The summed E-state index contributed by atoms with van der Waals surface area (Å²) in [6, 6.07) is 13.6. The van der Waals surface area contributed by atoms with Crippen LogP contribution in [0.3, 0.4) is 0 Å². The molecule has 0 bridgehead atoms. The summed E-state index contributed by atoms with van der Waals surface area (Å²) in [5.41, 5.74) is 1.86. The van der Waals surface area contributed by atoms with E-state index in [2.05, 4.69) is 20.7 Å². The standard InChI is InChI=1S/C21H25N3O4/c1-21(2,3)20(27)24-17-7-5-6-16(12-17)22-13-18(25)23-15-10-8-14(9-11-15)19(26)28-4/h5-12,22H,13H2,1-4H3,(H,23,25)(H,24,27). The van der Waals surface area contributed by atoms with Gasteiger partial charge in [0.05, 0.1) is 19.2 Å². The largest absolute Gasteiger partial charge is 0.465 e. The molecule has 0 aliphatic heterocycles. The summed E-state index contributed by atoms with van der Waals surface area (Å²) in [7, 11) is 1.31. The van der Waals surface area contributed by atoms with Crippen LogP contribution >= 0.6 is 0 Å². The molecule has 0 atom stereocenters. The SMILES string of the molecule is COC(=O)c1ccc(NC(=O)CNc2cccc(NC(=O)C(C)(C)C)c2)cc1. The molecule has 2 rings (SSSR count). The molecule has 7 nitrogen and oxygen atoms in total. The van der Waals surface area contributed by atoms with E-state index < -0.39 is 11.4 Å². The first kappa shape index (κ1) is 21.0. The van der Waals surface area contributed by atoms with Crippen LogP contribution < -0.4 is 16.0 Å². The molecule has 0 saturated heterocycles. The summed E-state index contributed by atoms with van der Waals surface area (Å²) in [6.45, 7) is 5.57. The van der Waals surface area contributed by atoms with Crippen LogP contribution in [0.5, 0.6) is 0 Å². The number of carbonyl (C=O) groups excluding carboxylic acids is 3. The van der Waals surface area contributed by atoms with Gasteiger partial charge in [0, 0.05) is 22.5 Å². The summed E-state index contributed by atoms with van der Waals surface area (Å²) < 4.78 is 4.63. The Morgan fingerprint density at radius 1 is 0.893 bits per heavy atom. The highest BCUT2D eigenvalue weighted by atomic mass is 16.5. The van der Waals surface area contributed by atoms with E-state index in [1.807, 2.05) is 26.8 Å². The Morgan fingerprint density at radius 2 is 1.54 bits per heavy atom. The number of rotatable bonds is 6. The minimum absolute atomic E-state index is 0.0510. The van der Waals surface area contributed by atoms with Crippen LogP contribution in [-0.4, -0.2) is 31.4 Å². The molecule has 0 heterocycles. The predicted molar refractivity (Wildman–Crippen MR) is 109 cm³/mol. The minimum atomic E-state index is -0.493. The molecular weight excluding hydrogens is 358 g/mol. The van der Waals surface area contributed by atoms with E-state index in [4.69, 9.17) is 0 Å². The lowest BCUT2D eigenvalue weighted by Gasteiger charge is -2.18. The van der Waals surface area contributed by atoms with E-state index in [1.54, 1.807) is 42.5 Å². The van der Waals surface area contributed by atoms with Gasteiger partial charge in [-0.3, -0.25) is 9.59 Å². The maximum Gasteiger partial charge on any atom is 0.337 e. The number of esters is 1. The molecule has 0 unspecified atom stereocenters. The molecule has 0 radical (unpaired) electrons. The van der Waals surface area contributed by atoms with E-state index in [0.717, 1.165) is 0 Å². The van der Waals surface area contributed by atoms with Gasteiger partial charge in [-0.1, -0.05) is 26.8 Å². The lowest BCUT2D eigenvalue weighted by atomic mass is 9.95. The molecule has 0 aromatic heterocycles. The molecule has 0 aliphatic carbocycles. The molecule has 2 aromatic carbocycles. The van der Waals surface area contributed by atoms with Crippen molar-refractivity contribution in [1.29, 1.82) is 0 Å². The van der Waals surface area contributed by atoms with Crippen LogP contribution in [-0.2, 0) is 14.3 Å². The van der Waals surface area contributed by atoms with Crippen LogP contribution in [0.25, 0.3) is 0 Å². The third kappa shape index (κ3) is 6.12. The van der Waals surface area contributed by atoms with Gasteiger partial charge < -0.3 is 20.7 Å². The van der Waals surface area contributed by atoms with Crippen molar-refractivity contribution >= 4 is 34.8 Å². The lowest BCUT2D eigenvalue weighted by Crippen LogP contribution is -2.27. The lowest BCUT2D eigenvalue weighted by molar-refractivity contribution is -0.123. The fraction of sp³-hybridized carbons (Fsp3) is 0.286. The van der Waals surface area contributed by atoms with Crippen molar-refractivity contribution in [3.63, 3.8) is 0 Å². The highest BCUT2D eigenvalue weighted by molar-refractivity contribution is 5.96. The van der Waals surface area contributed by atoms with Gasteiger partial charge in [0.1, 0.15) is 0 Å². The zero-order chi connectivity index (χ0) is 20.7. The van der Waals surface area contributed by atoms with Crippen molar-refractivity contribution in [3.05, 3.63) is 54.1 Å². The first-order valence-corrected chi connectivity index (χ1v) is 8.82. The van der Waals surface area contributed by atoms with Gasteiger partial charge in [-0.2, -0.15) is 0 Å². The molecule has 0 fully saturated rings. The Kier molecular flexibility index (Phi) is 6.76. The number of anilines is 3. The third-order valence-electron chi connectivity index (χ3n) is 3.84. The van der Waals surface area contributed by atoms with Gasteiger partial charge >= 0.3 is 5.97 Å². The Balaban J connectivity index is 1.89. The van der Waals surface area contributed by atoms with E-state index in [1.165, 1.54) is 7.11 Å². The van der Waals surface area contributed by atoms with Crippen LogP contribution in [0, 0.1) is 5.41 Å². The zero-order valence-corrected chi connectivity index (χ0v) is 16.5. The second-order valence-electron chi connectivity index (χ2n) is 7.26. The predicted octanol–water partition coefficient (Wildman–Crippen LogP) is 3.51. The maximum absolute atomic E-state index is 12.1. The summed E-state index contributed by atoms with van der Waals surface area (Å²) in [5, 5.41) is 8.61. The van der Waals surface area contributed by atoms with Crippen molar-refractivity contribution in [2.24, 2.45) is 5.41 Å². The fourth-order valence-electron chi connectivity index (χ4n) is 2.22. The van der Waals surface area contributed by atoms with Crippen molar-refractivity contribution in [3.8, 4) is 0 Å². The average molecular weight is 383 g/mol. The normalized spacial score (nSPS) is 10.7. The first-order valence-electron chi connectivity index (χ1n) is 8.82. The summed E-state index contributed by atoms with van der Waals surface area (Å²) in [4.78, 5) is 35.6. The zero-order valence-electron chi connectivity index (χ0n) is 16.5. The molecule has 0 aliphatic rings. The van der Waals surface area contributed by atoms with Crippen LogP contribution in [0.2, 0.25) is 0 Å². The second kappa shape index (κ2) is 9.03. The Bertz CT molecular complexity index is 855. The highest BCUT2D eigenvalue weighted by Crippen LogP contribution is 2.20. The van der Waals surface area contributed by atoms with E-state index in [9.17, 15) is 14.4 Å². The number of methoxy groups -OCH3 is 1. The number of hydrogen-bond acceptors (Lipinski definition) is 5. The quantitative estimate of drug-likeness (QED) is 0.664. The minimum Gasteiger partial charge on any atom is -0.465 e. The van der Waals surface area contributed by atoms with Gasteiger partial charge in [-0.25, -0.2) is 4.79 Å². The topological polar surface area (TPSA) is 96.5 Å². The number of nitrogens with one attached hydrogen (secondary N) is 3. The van der Waals surface area contributed by atoms with Crippen molar-refractivity contribution in [1.82, 2.24) is 0 Å². The van der Waals surface area contributed by atoms with Crippen molar-refractivity contribution < 1.29 is 19.1 Å². The molecule has 2 aromatic rings. The summed E-state index contributed by atoms with van der Waals surface area (Å²) >= 11 is 0. The number of benzene rings is 2. The van der Waals surface area contributed by atoms with Gasteiger partial charge in [-0.05, 0) is 42.5 Å². The highest BCUT2D eigenvalue weighted by Gasteiger charge is 2.21. The van der Waals surface area contributed by atoms with Crippen molar-refractivity contribution in [2.45, 2.75) is 20.8 Å². The second-order valence-corrected chi connectivity index (χ2v) is 7.26. The number of hydrogen-bond donors (Lipinski definition) is 3.